The van der Waals surface area contributed by atoms with Crippen molar-refractivity contribution in [1.82, 2.24) is 10.3 Å². The van der Waals surface area contributed by atoms with E-state index in [1.165, 1.54) is 18.9 Å². The predicted molar refractivity (Wildman–Crippen MR) is 58.5 cm³/mol. The van der Waals surface area contributed by atoms with Gasteiger partial charge in [-0.1, -0.05) is 0 Å². The molecule has 0 atom stereocenters. The molecule has 0 bridgehead atoms. The van der Waals surface area contributed by atoms with Crippen LogP contribution in [0.15, 0.2) is 18.3 Å². The highest BCUT2D eigenvalue weighted by atomic mass is 19.1. The van der Waals surface area contributed by atoms with Crippen LogP contribution >= 0.6 is 0 Å². The summed E-state index contributed by atoms with van der Waals surface area (Å²) in [7, 11) is 1.86. The Balaban J connectivity index is 1.83. The Kier molecular flexibility index (Phi) is 3.16. The van der Waals surface area contributed by atoms with Crippen LogP contribution in [0.3, 0.4) is 0 Å². The van der Waals surface area contributed by atoms with Gasteiger partial charge in [0.1, 0.15) is 0 Å². The molecule has 0 aromatic carbocycles. The van der Waals surface area contributed by atoms with Crippen molar-refractivity contribution in [2.45, 2.75) is 18.9 Å². The van der Waals surface area contributed by atoms with E-state index in [0.29, 0.717) is 11.9 Å². The van der Waals surface area contributed by atoms with Gasteiger partial charge in [-0.25, -0.2) is 9.37 Å². The number of nitrogens with zero attached hydrogens (tertiary/aromatic N) is 2. The summed E-state index contributed by atoms with van der Waals surface area (Å²) >= 11 is 0. The molecule has 1 aliphatic rings. The maximum absolute atomic E-state index is 13.3. The number of halogens is 1. The third kappa shape index (κ3) is 2.89. The van der Waals surface area contributed by atoms with E-state index in [9.17, 15) is 4.39 Å². The molecule has 3 nitrogen and oxygen atoms in total. The molecular formula is C11H16FN3. The molecule has 1 aromatic rings. The van der Waals surface area contributed by atoms with Gasteiger partial charge < -0.3 is 10.2 Å². The Morgan fingerprint density at radius 2 is 2.40 bits per heavy atom. The van der Waals surface area contributed by atoms with Gasteiger partial charge in [-0.3, -0.25) is 0 Å². The Hall–Kier alpha value is -1.16. The molecule has 1 fully saturated rings. The van der Waals surface area contributed by atoms with Gasteiger partial charge in [0.25, 0.3) is 0 Å². The zero-order valence-corrected chi connectivity index (χ0v) is 8.91. The van der Waals surface area contributed by atoms with Crippen molar-refractivity contribution in [3.05, 3.63) is 24.1 Å². The lowest BCUT2D eigenvalue weighted by atomic mass is 10.4. The SMILES string of the molecule is CN(CCNC1CC1)c1ncccc1F. The van der Waals surface area contributed by atoms with E-state index in [0.717, 1.165) is 13.1 Å². The van der Waals surface area contributed by atoms with Crippen LogP contribution in [0.5, 0.6) is 0 Å². The summed E-state index contributed by atoms with van der Waals surface area (Å²) in [6.45, 7) is 1.67. The van der Waals surface area contributed by atoms with Crippen molar-refractivity contribution in [2.24, 2.45) is 0 Å². The monoisotopic (exact) mass is 209 g/mol. The van der Waals surface area contributed by atoms with E-state index in [1.807, 2.05) is 11.9 Å². The molecule has 4 heteroatoms. The first-order valence-corrected chi connectivity index (χ1v) is 5.32. The Labute approximate surface area is 89.3 Å². The summed E-state index contributed by atoms with van der Waals surface area (Å²) in [6, 6.07) is 3.74. The third-order valence-electron chi connectivity index (χ3n) is 2.56. The number of anilines is 1. The molecule has 1 saturated carbocycles. The molecule has 0 aliphatic heterocycles. The van der Waals surface area contributed by atoms with Crippen LogP contribution in [0.4, 0.5) is 10.2 Å². The van der Waals surface area contributed by atoms with Gasteiger partial charge in [-0.05, 0) is 25.0 Å². The average Bonchev–Trinajstić information content (AvgIpc) is 3.02. The average molecular weight is 209 g/mol. The second-order valence-corrected chi connectivity index (χ2v) is 3.96. The van der Waals surface area contributed by atoms with Gasteiger partial charge in [0.2, 0.25) is 0 Å². The van der Waals surface area contributed by atoms with Crippen molar-refractivity contribution >= 4 is 5.82 Å². The second kappa shape index (κ2) is 4.57. The molecule has 1 aromatic heterocycles. The van der Waals surface area contributed by atoms with Gasteiger partial charge in [-0.15, -0.1) is 0 Å². The van der Waals surface area contributed by atoms with Gasteiger partial charge in [-0.2, -0.15) is 0 Å². The largest absolute Gasteiger partial charge is 0.356 e. The summed E-state index contributed by atoms with van der Waals surface area (Å²) in [4.78, 5) is 5.85. The third-order valence-corrected chi connectivity index (χ3v) is 2.56. The highest BCUT2D eigenvalue weighted by molar-refractivity contribution is 5.38. The summed E-state index contributed by atoms with van der Waals surface area (Å²) in [5.41, 5.74) is 0. The normalized spacial score (nSPS) is 15.3. The molecule has 1 N–H and O–H groups in total. The van der Waals surface area contributed by atoms with Crippen LogP contribution < -0.4 is 10.2 Å². The Morgan fingerprint density at radius 1 is 1.60 bits per heavy atom. The van der Waals surface area contributed by atoms with Crippen molar-refractivity contribution in [3.63, 3.8) is 0 Å². The summed E-state index contributed by atoms with van der Waals surface area (Å²) < 4.78 is 13.3. The maximum atomic E-state index is 13.3. The minimum absolute atomic E-state index is 0.258. The van der Waals surface area contributed by atoms with Crippen molar-refractivity contribution in [3.8, 4) is 0 Å². The second-order valence-electron chi connectivity index (χ2n) is 3.96. The molecule has 0 amide bonds. The molecular weight excluding hydrogens is 193 g/mol. The number of hydrogen-bond acceptors (Lipinski definition) is 3. The molecule has 82 valence electrons. The molecule has 15 heavy (non-hydrogen) atoms. The van der Waals surface area contributed by atoms with Crippen LogP contribution in [-0.2, 0) is 0 Å². The van der Waals surface area contributed by atoms with Crippen LogP contribution in [0.1, 0.15) is 12.8 Å². The van der Waals surface area contributed by atoms with Crippen LogP contribution in [0.2, 0.25) is 0 Å². The quantitative estimate of drug-likeness (QED) is 0.794. The molecule has 0 unspecified atom stereocenters. The van der Waals surface area contributed by atoms with E-state index in [1.54, 1.807) is 12.3 Å². The fraction of sp³-hybridized carbons (Fsp3) is 0.545. The number of likely N-dealkylation sites (N-methyl/N-ethyl adjacent to an activating group) is 1. The van der Waals surface area contributed by atoms with E-state index in [-0.39, 0.29) is 5.82 Å². The first-order valence-electron chi connectivity index (χ1n) is 5.32. The fourth-order valence-corrected chi connectivity index (χ4v) is 1.49. The first kappa shape index (κ1) is 10.4. The Bertz CT molecular complexity index is 325. The Morgan fingerprint density at radius 3 is 3.07 bits per heavy atom. The standard InChI is InChI=1S/C11H16FN3/c1-15(8-7-13-9-4-5-9)11-10(12)3-2-6-14-11/h2-3,6,9,13H,4-5,7-8H2,1H3. The smallest absolute Gasteiger partial charge is 0.165 e. The highest BCUT2D eigenvalue weighted by Crippen LogP contribution is 2.18. The molecule has 0 saturated heterocycles. The van der Waals surface area contributed by atoms with Crippen molar-refractivity contribution in [1.29, 1.82) is 0 Å². The zero-order valence-electron chi connectivity index (χ0n) is 8.91. The summed E-state index contributed by atoms with van der Waals surface area (Å²) in [6.07, 6.45) is 4.17. The lowest BCUT2D eigenvalue weighted by Crippen LogP contribution is -2.31. The first-order chi connectivity index (χ1) is 7.27. The minimum Gasteiger partial charge on any atom is -0.356 e. The lowest BCUT2D eigenvalue weighted by molar-refractivity contribution is 0.608. The van der Waals surface area contributed by atoms with Crippen LogP contribution in [0, 0.1) is 5.82 Å². The molecule has 0 spiro atoms. The zero-order chi connectivity index (χ0) is 10.7. The van der Waals surface area contributed by atoms with E-state index >= 15 is 0 Å². The lowest BCUT2D eigenvalue weighted by Gasteiger charge is -2.18. The molecule has 1 heterocycles. The number of aromatic nitrogens is 1. The van der Waals surface area contributed by atoms with E-state index in [2.05, 4.69) is 10.3 Å². The number of pyridine rings is 1. The summed E-state index contributed by atoms with van der Waals surface area (Å²) in [5, 5.41) is 3.38. The van der Waals surface area contributed by atoms with Crippen molar-refractivity contribution in [2.75, 3.05) is 25.0 Å². The molecule has 1 aliphatic carbocycles. The van der Waals surface area contributed by atoms with Gasteiger partial charge >= 0.3 is 0 Å². The topological polar surface area (TPSA) is 28.2 Å². The van der Waals surface area contributed by atoms with E-state index in [4.69, 9.17) is 0 Å². The maximum Gasteiger partial charge on any atom is 0.165 e. The van der Waals surface area contributed by atoms with Gasteiger partial charge in [0.15, 0.2) is 11.6 Å². The number of nitrogens with one attached hydrogen (secondary N) is 1. The molecule has 2 rings (SSSR count). The number of rotatable bonds is 5. The van der Waals surface area contributed by atoms with Crippen molar-refractivity contribution < 1.29 is 4.39 Å². The minimum atomic E-state index is -0.258. The van der Waals surface area contributed by atoms with Gasteiger partial charge in [0.05, 0.1) is 0 Å². The fourth-order valence-electron chi connectivity index (χ4n) is 1.49. The van der Waals surface area contributed by atoms with Gasteiger partial charge in [0, 0.05) is 32.4 Å². The predicted octanol–water partition coefficient (Wildman–Crippen LogP) is 1.41. The summed E-state index contributed by atoms with van der Waals surface area (Å²) in [5.74, 6) is 0.168. The van der Waals surface area contributed by atoms with Crippen LogP contribution in [-0.4, -0.2) is 31.2 Å². The number of hydrogen-bond donors (Lipinski definition) is 1. The molecule has 0 radical (unpaired) electrons. The van der Waals surface area contributed by atoms with Crippen LogP contribution in [0.25, 0.3) is 0 Å². The highest BCUT2D eigenvalue weighted by Gasteiger charge is 2.20. The van der Waals surface area contributed by atoms with E-state index < -0.39 is 0 Å².